The van der Waals surface area contributed by atoms with Crippen molar-refractivity contribution in [2.24, 2.45) is 17.3 Å². The molecule has 0 spiro atoms. The van der Waals surface area contributed by atoms with Crippen molar-refractivity contribution in [3.05, 3.63) is 59.2 Å². The normalized spacial score (nSPS) is 26.9. The summed E-state index contributed by atoms with van der Waals surface area (Å²) in [6.45, 7) is 4.24. The Kier molecular flexibility index (Phi) is 8.88. The number of aryl methyl sites for hydroxylation is 1. The minimum atomic E-state index is -0.982. The van der Waals surface area contributed by atoms with E-state index in [1.54, 1.807) is 25.3 Å². The minimum Gasteiger partial charge on any atom is -0.508 e. The Morgan fingerprint density at radius 1 is 1.03 bits per heavy atom. The molecular weight excluding hydrogens is 496 g/mol. The molecule has 39 heavy (non-hydrogen) atoms. The van der Waals surface area contributed by atoms with E-state index in [0.717, 1.165) is 30.9 Å². The zero-order valence-corrected chi connectivity index (χ0v) is 23.3. The summed E-state index contributed by atoms with van der Waals surface area (Å²) in [5.41, 5.74) is 3.70. The molecule has 0 saturated heterocycles. The number of rotatable bonds is 6. The summed E-state index contributed by atoms with van der Waals surface area (Å²) in [7, 11) is 3.08. The van der Waals surface area contributed by atoms with Crippen molar-refractivity contribution in [3.8, 4) is 17.2 Å². The molecule has 2 fully saturated rings. The fourth-order valence-electron chi connectivity index (χ4n) is 7.08. The molecule has 0 amide bonds. The molecule has 7 heteroatoms. The zero-order chi connectivity index (χ0) is 28.2. The molecule has 3 aliphatic carbocycles. The molecule has 0 heterocycles. The van der Waals surface area contributed by atoms with Gasteiger partial charge in [-0.3, -0.25) is 4.79 Å². The van der Waals surface area contributed by atoms with Gasteiger partial charge in [0.15, 0.2) is 11.5 Å². The Morgan fingerprint density at radius 3 is 2.49 bits per heavy atom. The van der Waals surface area contributed by atoms with Crippen LogP contribution in [0.2, 0.25) is 0 Å². The lowest BCUT2D eigenvalue weighted by Crippen LogP contribution is -2.45. The van der Waals surface area contributed by atoms with Crippen LogP contribution in [0.4, 0.5) is 0 Å². The minimum absolute atomic E-state index is 0.0477. The molecule has 5 atom stereocenters. The summed E-state index contributed by atoms with van der Waals surface area (Å²) in [6, 6.07) is 11.1. The van der Waals surface area contributed by atoms with Crippen molar-refractivity contribution in [1.82, 2.24) is 0 Å². The van der Waals surface area contributed by atoms with Crippen LogP contribution in [0.3, 0.4) is 0 Å². The number of carbonyl (C=O) groups is 2. The Hall–Kier alpha value is -3.48. The zero-order valence-electron chi connectivity index (χ0n) is 23.3. The van der Waals surface area contributed by atoms with Crippen LogP contribution in [0.25, 0.3) is 6.08 Å². The van der Waals surface area contributed by atoms with E-state index in [-0.39, 0.29) is 17.5 Å². The van der Waals surface area contributed by atoms with Gasteiger partial charge >= 0.3 is 11.9 Å². The predicted molar refractivity (Wildman–Crippen MR) is 149 cm³/mol. The molecule has 0 radical (unpaired) electrons. The maximum absolute atomic E-state index is 11.8. The average Bonchev–Trinajstić information content (AvgIpc) is 3.27. The third kappa shape index (κ3) is 6.07. The lowest BCUT2D eigenvalue weighted by atomic mass is 9.55. The predicted octanol–water partition coefficient (Wildman–Crippen LogP) is 6.37. The summed E-state index contributed by atoms with van der Waals surface area (Å²) in [5.74, 6) is 2.53. The topological polar surface area (TPSA) is 102 Å². The smallest absolute Gasteiger partial charge is 0.328 e. The van der Waals surface area contributed by atoms with Crippen LogP contribution >= 0.6 is 0 Å². The van der Waals surface area contributed by atoms with Crippen LogP contribution in [0.15, 0.2) is 42.5 Å². The van der Waals surface area contributed by atoms with Crippen molar-refractivity contribution in [2.45, 2.75) is 70.8 Å². The molecule has 2 N–H and O–H groups in total. The van der Waals surface area contributed by atoms with Gasteiger partial charge in [0.2, 0.25) is 0 Å². The van der Waals surface area contributed by atoms with Crippen molar-refractivity contribution < 1.29 is 34.0 Å². The Balaban J connectivity index is 0.000000204. The number of esters is 1. The highest BCUT2D eigenvalue weighted by molar-refractivity contribution is 5.85. The van der Waals surface area contributed by atoms with Crippen LogP contribution in [0.5, 0.6) is 17.2 Å². The molecule has 7 nitrogen and oxygen atoms in total. The van der Waals surface area contributed by atoms with Gasteiger partial charge in [0.05, 0.1) is 14.2 Å². The Bertz CT molecular complexity index is 1220. The molecular formula is C32H40O7. The van der Waals surface area contributed by atoms with Crippen LogP contribution < -0.4 is 9.47 Å². The number of aromatic hydroxyl groups is 1. The van der Waals surface area contributed by atoms with Crippen LogP contribution in [0, 0.1) is 17.3 Å². The monoisotopic (exact) mass is 536 g/mol. The van der Waals surface area contributed by atoms with E-state index >= 15 is 0 Å². The van der Waals surface area contributed by atoms with Gasteiger partial charge in [-0.1, -0.05) is 26.0 Å². The van der Waals surface area contributed by atoms with Crippen LogP contribution in [-0.4, -0.2) is 42.5 Å². The molecule has 2 saturated carbocycles. The van der Waals surface area contributed by atoms with Gasteiger partial charge in [0.1, 0.15) is 11.9 Å². The number of carboxylic acids is 1. The molecule has 5 rings (SSSR count). The first kappa shape index (κ1) is 28.5. The van der Waals surface area contributed by atoms with Crippen LogP contribution in [-0.2, 0) is 20.7 Å². The largest absolute Gasteiger partial charge is 0.508 e. The van der Waals surface area contributed by atoms with Gasteiger partial charge in [-0.25, -0.2) is 4.79 Å². The van der Waals surface area contributed by atoms with Crippen molar-refractivity contribution in [3.63, 3.8) is 0 Å². The number of phenols is 1. The van der Waals surface area contributed by atoms with Gasteiger partial charge in [-0.2, -0.15) is 0 Å². The Morgan fingerprint density at radius 2 is 1.79 bits per heavy atom. The highest BCUT2D eigenvalue weighted by Gasteiger charge is 2.56. The third-order valence-electron chi connectivity index (χ3n) is 9.01. The molecule has 2 aromatic carbocycles. The highest BCUT2D eigenvalue weighted by Crippen LogP contribution is 2.61. The van der Waals surface area contributed by atoms with Gasteiger partial charge in [-0.05, 0) is 103 Å². The van der Waals surface area contributed by atoms with E-state index in [0.29, 0.717) is 41.4 Å². The van der Waals surface area contributed by atoms with Gasteiger partial charge < -0.3 is 24.4 Å². The maximum atomic E-state index is 11.8. The van der Waals surface area contributed by atoms with Crippen LogP contribution in [0.1, 0.15) is 75.0 Å². The second kappa shape index (κ2) is 12.1. The van der Waals surface area contributed by atoms with E-state index in [9.17, 15) is 14.7 Å². The highest BCUT2D eigenvalue weighted by atomic mass is 16.5. The number of methoxy groups -OCH3 is 2. The fraction of sp³-hybridized carbons (Fsp3) is 0.500. The first-order chi connectivity index (χ1) is 18.7. The number of benzene rings is 2. The number of hydrogen-bond donors (Lipinski definition) is 2. The number of fused-ring (bicyclic) bond motifs is 5. The van der Waals surface area contributed by atoms with E-state index < -0.39 is 5.97 Å². The molecule has 0 aromatic heterocycles. The van der Waals surface area contributed by atoms with Crippen molar-refractivity contribution in [2.75, 3.05) is 14.2 Å². The summed E-state index contributed by atoms with van der Waals surface area (Å²) in [5, 5.41) is 18.2. The number of carbonyl (C=O) groups excluding carboxylic acids is 1. The number of hydrogen-bond acceptors (Lipinski definition) is 6. The Labute approximate surface area is 230 Å². The quantitative estimate of drug-likeness (QED) is 0.327. The first-order valence-electron chi connectivity index (χ1n) is 13.8. The molecule has 0 aliphatic heterocycles. The van der Waals surface area contributed by atoms with Gasteiger partial charge in [-0.15, -0.1) is 0 Å². The number of phenolic OH excluding ortho intramolecular Hbond substituents is 1. The fourth-order valence-corrected chi connectivity index (χ4v) is 7.08. The number of aliphatic carboxylic acids is 1. The van der Waals surface area contributed by atoms with Gasteiger partial charge in [0.25, 0.3) is 0 Å². The SMILES string of the molecule is CCC(=O)OC1CCC2C3CCc4cc(O)ccc4C3CCC12C.COc1ccc(C=CC(=O)O)cc1OC. The van der Waals surface area contributed by atoms with Gasteiger partial charge in [0, 0.05) is 17.9 Å². The standard InChI is InChI=1S/C21H28O3.C11H12O4/c1-3-20(23)24-19-9-8-18-17-6-4-13-12-14(22)5-7-15(13)16(17)10-11-21(18,19)2;1-14-9-5-3-8(4-6-11(12)13)7-10(9)15-2/h5,7,12,16-19,22H,3-4,6,8-11H2,1-2H3;3-7H,1-2H3,(H,12,13). The van der Waals surface area contributed by atoms with Crippen molar-refractivity contribution >= 4 is 18.0 Å². The van der Waals surface area contributed by atoms with Crippen molar-refractivity contribution in [1.29, 1.82) is 0 Å². The van der Waals surface area contributed by atoms with E-state index in [1.165, 1.54) is 43.6 Å². The average molecular weight is 537 g/mol. The molecule has 0 bridgehead atoms. The molecule has 5 unspecified atom stereocenters. The summed E-state index contributed by atoms with van der Waals surface area (Å²) in [4.78, 5) is 22.1. The molecule has 2 aromatic rings. The first-order valence-corrected chi connectivity index (χ1v) is 13.8. The molecule has 210 valence electrons. The van der Waals surface area contributed by atoms with E-state index in [2.05, 4.69) is 13.0 Å². The number of ether oxygens (including phenoxy) is 3. The third-order valence-corrected chi connectivity index (χ3v) is 9.01. The lowest BCUT2D eigenvalue weighted by Gasteiger charge is -2.50. The lowest BCUT2D eigenvalue weighted by molar-refractivity contribution is -0.157. The molecule has 3 aliphatic rings. The van der Waals surface area contributed by atoms with E-state index in [1.807, 2.05) is 19.1 Å². The second-order valence-electron chi connectivity index (χ2n) is 11.0. The van der Waals surface area contributed by atoms with E-state index in [4.69, 9.17) is 19.3 Å². The number of carboxylic acid groups (broad SMARTS) is 1. The summed E-state index contributed by atoms with van der Waals surface area (Å²) in [6.07, 6.45) is 9.94. The maximum Gasteiger partial charge on any atom is 0.328 e. The second-order valence-corrected chi connectivity index (χ2v) is 11.0. The summed E-state index contributed by atoms with van der Waals surface area (Å²) >= 11 is 0. The summed E-state index contributed by atoms with van der Waals surface area (Å²) < 4.78 is 16.0.